The van der Waals surface area contributed by atoms with Gasteiger partial charge in [0, 0.05) is 69.3 Å². The van der Waals surface area contributed by atoms with Crippen molar-refractivity contribution >= 4 is 30.1 Å². The third kappa shape index (κ3) is 6.01. The molecule has 0 heterocycles. The Balaban J connectivity index is -0.000000720. The molecule has 0 unspecified atom stereocenters. The van der Waals surface area contributed by atoms with Gasteiger partial charge in [-0.2, -0.15) is 0 Å². The maximum absolute atomic E-state index is 2.63. The second-order valence-electron chi connectivity index (χ2n) is 7.53. The fraction of sp³-hybridized carbons (Fsp3) is 1.00. The van der Waals surface area contributed by atoms with Crippen molar-refractivity contribution in [1.82, 2.24) is 0 Å². The smallest absolute Gasteiger partial charge is 0.0300 e. The third-order valence-corrected chi connectivity index (χ3v) is 70.1. The van der Waals surface area contributed by atoms with Gasteiger partial charge in [-0.15, -0.1) is 0 Å². The van der Waals surface area contributed by atoms with Gasteiger partial charge in [0.05, 0.1) is 0 Å². The van der Waals surface area contributed by atoms with Gasteiger partial charge in [0.1, 0.15) is 0 Å². The van der Waals surface area contributed by atoms with E-state index in [1.54, 1.807) is 0 Å². The Morgan fingerprint density at radius 1 is 0.571 bits per heavy atom. The zero-order valence-electron chi connectivity index (χ0n) is 11.4. The molecule has 0 aliphatic carbocycles. The van der Waals surface area contributed by atoms with Gasteiger partial charge in [0.15, 0.2) is 0 Å². The SMILES string of the molecule is C[Si](C)(C)[SiH]([Si](C)(C)C)[Si](C)(C)C.[Ar].[HH]. The van der Waals surface area contributed by atoms with Gasteiger partial charge in [0.2, 0.25) is 0 Å². The Morgan fingerprint density at radius 3 is 0.714 bits per heavy atom. The second kappa shape index (κ2) is 5.64. The van der Waals surface area contributed by atoms with E-state index in [1.165, 1.54) is 0 Å². The van der Waals surface area contributed by atoms with Crippen LogP contribution >= 0.6 is 0 Å². The van der Waals surface area contributed by atoms with E-state index in [4.69, 9.17) is 0 Å². The van der Waals surface area contributed by atoms with Crippen molar-refractivity contribution in [2.24, 2.45) is 0 Å². The minimum absolute atomic E-state index is 0. The maximum atomic E-state index is 2.63. The van der Waals surface area contributed by atoms with E-state index in [2.05, 4.69) is 58.9 Å². The van der Waals surface area contributed by atoms with E-state index < -0.39 is 22.8 Å². The summed E-state index contributed by atoms with van der Waals surface area (Å²) in [6, 6.07) is 0. The minimum Gasteiger partial charge on any atom is -0.0721 e. The van der Waals surface area contributed by atoms with Crippen molar-refractivity contribution in [1.29, 1.82) is 0 Å². The zero-order valence-corrected chi connectivity index (χ0v) is 16.3. The average Bonchev–Trinajstić information content (AvgIpc) is 1.44. The van der Waals surface area contributed by atoms with Gasteiger partial charge < -0.3 is 0 Å². The van der Waals surface area contributed by atoms with Gasteiger partial charge in [0.25, 0.3) is 0 Å². The summed E-state index contributed by atoms with van der Waals surface area (Å²) in [7, 11) is -2.77. The van der Waals surface area contributed by atoms with Crippen LogP contribution in [0, 0.1) is 37.7 Å². The summed E-state index contributed by atoms with van der Waals surface area (Å²) in [5.41, 5.74) is 0. The summed E-state index contributed by atoms with van der Waals surface area (Å²) >= 11 is 0. The van der Waals surface area contributed by atoms with Gasteiger partial charge in [-0.3, -0.25) is 0 Å². The largest absolute Gasteiger partial charge is 0.0721 e. The normalized spacial score (nSPS) is 14.1. The monoisotopic (exact) mass is 290 g/mol. The molecule has 0 aliphatic rings. The predicted molar refractivity (Wildman–Crippen MR) is 79.3 cm³/mol. The van der Waals surface area contributed by atoms with Crippen LogP contribution in [0.4, 0.5) is 0 Å². The summed E-state index contributed by atoms with van der Waals surface area (Å²) in [6.45, 7) is 23.6. The van der Waals surface area contributed by atoms with Crippen LogP contribution < -0.4 is 0 Å². The Kier molecular flexibility index (Phi) is 7.46. The quantitative estimate of drug-likeness (QED) is 0.695. The van der Waals surface area contributed by atoms with Crippen LogP contribution in [0.1, 0.15) is 1.43 Å². The van der Waals surface area contributed by atoms with E-state index >= 15 is 0 Å². The minimum atomic E-state index is -0.795. The first-order valence-electron chi connectivity index (χ1n) is 5.37. The standard InChI is InChI=1S/C9H28Si4.Ar.H2/c1-11(2,3)10(12(4,5)6)13(7,8)9;;/h10H,1-9H3;;1H. The molecule has 0 rings (SSSR count). The molecule has 0 aliphatic heterocycles. The Bertz CT molecular complexity index is 145. The number of rotatable bonds is 3. The fourth-order valence-corrected chi connectivity index (χ4v) is 105. The van der Waals surface area contributed by atoms with Gasteiger partial charge in [-0.25, -0.2) is 0 Å². The van der Waals surface area contributed by atoms with Crippen molar-refractivity contribution in [3.63, 3.8) is 0 Å². The molecule has 0 amide bonds. The molecule has 5 heteroatoms. The van der Waals surface area contributed by atoms with Crippen LogP contribution in [0.3, 0.4) is 0 Å². The van der Waals surface area contributed by atoms with Crippen molar-refractivity contribution in [2.45, 2.75) is 58.9 Å². The van der Waals surface area contributed by atoms with Crippen LogP contribution in [0.25, 0.3) is 0 Å². The van der Waals surface area contributed by atoms with Crippen LogP contribution in [0.15, 0.2) is 0 Å². The molecule has 0 saturated heterocycles. The summed E-state index contributed by atoms with van der Waals surface area (Å²) in [5, 5.41) is 0. The summed E-state index contributed by atoms with van der Waals surface area (Å²) in [6.07, 6.45) is 0. The summed E-state index contributed by atoms with van der Waals surface area (Å²) in [4.78, 5) is 0. The van der Waals surface area contributed by atoms with Crippen molar-refractivity contribution in [3.05, 3.63) is 0 Å². The molecule has 0 aromatic carbocycles. The number of hydrogen-bond acceptors (Lipinski definition) is 0. The summed E-state index contributed by atoms with van der Waals surface area (Å²) in [5.74, 6) is 0. The van der Waals surface area contributed by atoms with Crippen molar-refractivity contribution in [3.8, 4) is 0 Å². The van der Waals surface area contributed by atoms with E-state index in [9.17, 15) is 0 Å². The topological polar surface area (TPSA) is 0 Å². The molecule has 0 bridgehead atoms. The molecular weight excluding hydrogens is 260 g/mol. The summed E-state index contributed by atoms with van der Waals surface area (Å²) < 4.78 is 0. The molecule has 0 spiro atoms. The first-order chi connectivity index (χ1) is 5.37. The maximum Gasteiger partial charge on any atom is 0.0300 e. The molecular formula is C9H30ArSi4. The predicted octanol–water partition coefficient (Wildman–Crippen LogP) is 3.71. The third-order valence-electron chi connectivity index (χ3n) is 2.60. The molecule has 14 heavy (non-hydrogen) atoms. The number of hydrogen-bond donors (Lipinski definition) is 0. The van der Waals surface area contributed by atoms with Gasteiger partial charge >= 0.3 is 0 Å². The van der Waals surface area contributed by atoms with E-state index in [0.29, 0.717) is 0 Å². The fourth-order valence-electron chi connectivity index (χ4n) is 3.90. The Morgan fingerprint density at radius 2 is 0.714 bits per heavy atom. The van der Waals surface area contributed by atoms with Gasteiger partial charge in [-0.05, 0) is 0 Å². The van der Waals surface area contributed by atoms with Crippen LogP contribution in [-0.2, 0) is 0 Å². The van der Waals surface area contributed by atoms with Crippen LogP contribution in [0.5, 0.6) is 0 Å². The molecule has 0 nitrogen and oxygen atoms in total. The molecule has 0 aromatic rings. The first kappa shape index (κ1) is 18.5. The second-order valence-corrected chi connectivity index (χ2v) is 48.6. The Hall–Kier alpha value is 2.13. The van der Waals surface area contributed by atoms with E-state index in [1.807, 2.05) is 0 Å². The molecule has 0 aromatic heterocycles. The van der Waals surface area contributed by atoms with Crippen molar-refractivity contribution < 1.29 is 39.2 Å². The van der Waals surface area contributed by atoms with Crippen LogP contribution in [-0.4, -0.2) is 30.1 Å². The van der Waals surface area contributed by atoms with E-state index in [-0.39, 0.29) is 46.5 Å². The average molecular weight is 291 g/mol. The molecule has 0 N–H and O–H groups in total. The molecule has 90 valence electrons. The van der Waals surface area contributed by atoms with Crippen LogP contribution in [0.2, 0.25) is 58.9 Å². The van der Waals surface area contributed by atoms with E-state index in [0.717, 1.165) is 0 Å². The Labute approximate surface area is 127 Å². The molecule has 0 atom stereocenters. The molecule has 0 saturated carbocycles. The molecule has 0 fully saturated rings. The molecule has 0 radical (unpaired) electrons. The first-order valence-corrected chi connectivity index (χ1v) is 21.3. The zero-order chi connectivity index (χ0) is 11.1. The van der Waals surface area contributed by atoms with Gasteiger partial charge in [-0.1, -0.05) is 58.9 Å². The van der Waals surface area contributed by atoms with Crippen molar-refractivity contribution in [2.75, 3.05) is 0 Å².